The highest BCUT2D eigenvalue weighted by Crippen LogP contribution is 2.22. The van der Waals surface area contributed by atoms with Crippen molar-refractivity contribution in [3.8, 4) is 0 Å². The highest BCUT2D eigenvalue weighted by Gasteiger charge is 2.17. The standard InChI is InChI=1S/C20H23NO2/c1-2-16(17-9-5-3-6-10-17)15-20(23)21-19(13-14-22)18-11-7-4-8-12-18/h2-12,16,19,22H,1,13-15H2,(H,21,23). The lowest BCUT2D eigenvalue weighted by molar-refractivity contribution is -0.122. The molecular weight excluding hydrogens is 286 g/mol. The fraction of sp³-hybridized carbons (Fsp3) is 0.250. The number of rotatable bonds is 8. The molecule has 23 heavy (non-hydrogen) atoms. The molecule has 2 aromatic carbocycles. The number of hydrogen-bond acceptors (Lipinski definition) is 2. The average Bonchev–Trinajstić information content (AvgIpc) is 2.61. The van der Waals surface area contributed by atoms with Crippen LogP contribution >= 0.6 is 0 Å². The fourth-order valence-corrected chi connectivity index (χ4v) is 2.63. The van der Waals surface area contributed by atoms with E-state index in [2.05, 4.69) is 11.9 Å². The monoisotopic (exact) mass is 309 g/mol. The van der Waals surface area contributed by atoms with Crippen LogP contribution in [-0.4, -0.2) is 17.6 Å². The Kier molecular flexibility index (Phi) is 6.57. The summed E-state index contributed by atoms with van der Waals surface area (Å²) in [5.74, 6) is -0.0530. The van der Waals surface area contributed by atoms with E-state index in [9.17, 15) is 9.90 Å². The van der Waals surface area contributed by atoms with Crippen molar-refractivity contribution in [1.29, 1.82) is 0 Å². The first-order valence-electron chi connectivity index (χ1n) is 7.87. The van der Waals surface area contributed by atoms with Gasteiger partial charge in [0.25, 0.3) is 0 Å². The predicted molar refractivity (Wildman–Crippen MR) is 93.0 cm³/mol. The van der Waals surface area contributed by atoms with Gasteiger partial charge in [0.1, 0.15) is 0 Å². The molecule has 3 nitrogen and oxygen atoms in total. The molecule has 2 unspecified atom stereocenters. The minimum Gasteiger partial charge on any atom is -0.396 e. The Hall–Kier alpha value is -2.39. The van der Waals surface area contributed by atoms with Crippen LogP contribution in [0.15, 0.2) is 73.3 Å². The summed E-state index contributed by atoms with van der Waals surface area (Å²) < 4.78 is 0. The Morgan fingerprint density at radius 2 is 1.61 bits per heavy atom. The van der Waals surface area contributed by atoms with Crippen LogP contribution < -0.4 is 5.32 Å². The Morgan fingerprint density at radius 3 is 2.13 bits per heavy atom. The van der Waals surface area contributed by atoms with E-state index in [-0.39, 0.29) is 24.5 Å². The summed E-state index contributed by atoms with van der Waals surface area (Å²) in [6, 6.07) is 19.4. The van der Waals surface area contributed by atoms with Crippen molar-refractivity contribution >= 4 is 5.91 Å². The van der Waals surface area contributed by atoms with E-state index >= 15 is 0 Å². The second kappa shape index (κ2) is 8.91. The van der Waals surface area contributed by atoms with Crippen LogP contribution in [0.5, 0.6) is 0 Å². The number of nitrogens with one attached hydrogen (secondary N) is 1. The van der Waals surface area contributed by atoms with Gasteiger partial charge in [0.05, 0.1) is 6.04 Å². The first-order valence-corrected chi connectivity index (χ1v) is 7.87. The molecule has 0 heterocycles. The van der Waals surface area contributed by atoms with Crippen molar-refractivity contribution in [2.24, 2.45) is 0 Å². The Balaban J connectivity index is 2.02. The average molecular weight is 309 g/mol. The molecule has 120 valence electrons. The molecule has 0 saturated heterocycles. The van der Waals surface area contributed by atoms with Gasteiger partial charge in [0.15, 0.2) is 0 Å². The maximum atomic E-state index is 12.4. The predicted octanol–water partition coefficient (Wildman–Crippen LogP) is 3.59. The molecule has 2 atom stereocenters. The van der Waals surface area contributed by atoms with E-state index in [1.165, 1.54) is 0 Å². The van der Waals surface area contributed by atoms with Crippen molar-refractivity contribution in [3.63, 3.8) is 0 Å². The smallest absolute Gasteiger partial charge is 0.221 e. The third kappa shape index (κ3) is 5.08. The van der Waals surface area contributed by atoms with Crippen LogP contribution in [0.4, 0.5) is 0 Å². The van der Waals surface area contributed by atoms with E-state index < -0.39 is 0 Å². The number of carbonyl (C=O) groups excluding carboxylic acids is 1. The molecule has 3 heteroatoms. The van der Waals surface area contributed by atoms with Gasteiger partial charge in [-0.1, -0.05) is 66.7 Å². The zero-order chi connectivity index (χ0) is 16.5. The number of hydrogen-bond donors (Lipinski definition) is 2. The summed E-state index contributed by atoms with van der Waals surface area (Å²) in [5.41, 5.74) is 2.08. The van der Waals surface area contributed by atoms with Gasteiger partial charge in [-0.15, -0.1) is 6.58 Å². The van der Waals surface area contributed by atoms with Crippen LogP contribution in [0, 0.1) is 0 Å². The van der Waals surface area contributed by atoms with E-state index in [0.717, 1.165) is 11.1 Å². The van der Waals surface area contributed by atoms with Crippen molar-refractivity contribution in [2.75, 3.05) is 6.61 Å². The van der Waals surface area contributed by atoms with Gasteiger partial charge in [-0.3, -0.25) is 4.79 Å². The highest BCUT2D eigenvalue weighted by molar-refractivity contribution is 5.77. The molecule has 0 aromatic heterocycles. The topological polar surface area (TPSA) is 49.3 Å². The lowest BCUT2D eigenvalue weighted by Crippen LogP contribution is -2.30. The van der Waals surface area contributed by atoms with Gasteiger partial charge < -0.3 is 10.4 Å². The van der Waals surface area contributed by atoms with Gasteiger partial charge >= 0.3 is 0 Å². The molecule has 0 aliphatic carbocycles. The second-order valence-corrected chi connectivity index (χ2v) is 5.50. The van der Waals surface area contributed by atoms with Crippen LogP contribution in [0.25, 0.3) is 0 Å². The molecule has 0 saturated carbocycles. The number of carbonyl (C=O) groups is 1. The summed E-state index contributed by atoms with van der Waals surface area (Å²) >= 11 is 0. The zero-order valence-electron chi connectivity index (χ0n) is 13.2. The van der Waals surface area contributed by atoms with E-state index in [0.29, 0.717) is 12.8 Å². The summed E-state index contributed by atoms with van der Waals surface area (Å²) in [6.45, 7) is 3.88. The van der Waals surface area contributed by atoms with Crippen LogP contribution in [0.2, 0.25) is 0 Å². The molecule has 0 aliphatic heterocycles. The van der Waals surface area contributed by atoms with Crippen LogP contribution in [-0.2, 0) is 4.79 Å². The first-order chi connectivity index (χ1) is 11.2. The fourth-order valence-electron chi connectivity index (χ4n) is 2.63. The Morgan fingerprint density at radius 1 is 1.04 bits per heavy atom. The van der Waals surface area contributed by atoms with Crippen molar-refractivity contribution in [1.82, 2.24) is 5.32 Å². The minimum absolute atomic E-state index is 0.0123. The lowest BCUT2D eigenvalue weighted by atomic mass is 9.95. The van der Waals surface area contributed by atoms with Gasteiger partial charge in [0.2, 0.25) is 5.91 Å². The van der Waals surface area contributed by atoms with Gasteiger partial charge in [-0.05, 0) is 17.5 Å². The highest BCUT2D eigenvalue weighted by atomic mass is 16.3. The number of aliphatic hydroxyl groups is 1. The first kappa shape index (κ1) is 17.0. The summed E-state index contributed by atoms with van der Waals surface area (Å²) in [5, 5.41) is 12.3. The van der Waals surface area contributed by atoms with Gasteiger partial charge in [0, 0.05) is 18.9 Å². The Bertz CT molecular complexity index is 610. The zero-order valence-corrected chi connectivity index (χ0v) is 13.2. The third-order valence-electron chi connectivity index (χ3n) is 3.87. The molecule has 0 radical (unpaired) electrons. The largest absolute Gasteiger partial charge is 0.396 e. The molecule has 2 aromatic rings. The maximum Gasteiger partial charge on any atom is 0.221 e. The van der Waals surface area contributed by atoms with Crippen LogP contribution in [0.3, 0.4) is 0 Å². The summed E-state index contributed by atoms with van der Waals surface area (Å²) in [7, 11) is 0. The van der Waals surface area contributed by atoms with Crippen molar-refractivity contribution in [2.45, 2.75) is 24.8 Å². The van der Waals surface area contributed by atoms with E-state index in [1.54, 1.807) is 6.08 Å². The molecule has 2 rings (SSSR count). The molecule has 0 aliphatic rings. The number of benzene rings is 2. The van der Waals surface area contributed by atoms with E-state index in [4.69, 9.17) is 0 Å². The molecular formula is C20H23NO2. The molecule has 1 amide bonds. The van der Waals surface area contributed by atoms with Crippen LogP contribution in [0.1, 0.15) is 35.9 Å². The number of aliphatic hydroxyl groups excluding tert-OH is 1. The normalized spacial score (nSPS) is 13.1. The third-order valence-corrected chi connectivity index (χ3v) is 3.87. The van der Waals surface area contributed by atoms with Gasteiger partial charge in [-0.2, -0.15) is 0 Å². The van der Waals surface area contributed by atoms with E-state index in [1.807, 2.05) is 60.7 Å². The van der Waals surface area contributed by atoms with Crippen molar-refractivity contribution in [3.05, 3.63) is 84.4 Å². The summed E-state index contributed by atoms with van der Waals surface area (Å²) in [4.78, 5) is 12.4. The Labute approximate surface area is 137 Å². The molecule has 0 bridgehead atoms. The summed E-state index contributed by atoms with van der Waals surface area (Å²) in [6.07, 6.45) is 2.65. The number of allylic oxidation sites excluding steroid dienone is 1. The maximum absolute atomic E-state index is 12.4. The lowest BCUT2D eigenvalue weighted by Gasteiger charge is -2.20. The minimum atomic E-state index is -0.171. The molecule has 2 N–H and O–H groups in total. The molecule has 0 fully saturated rings. The van der Waals surface area contributed by atoms with Crippen molar-refractivity contribution < 1.29 is 9.90 Å². The second-order valence-electron chi connectivity index (χ2n) is 5.50. The molecule has 0 spiro atoms. The quantitative estimate of drug-likeness (QED) is 0.732. The SMILES string of the molecule is C=CC(CC(=O)NC(CCO)c1ccccc1)c1ccccc1. The van der Waals surface area contributed by atoms with Gasteiger partial charge in [-0.25, -0.2) is 0 Å². The number of amides is 1.